The largest absolute Gasteiger partial charge is 0.374 e. The first-order valence-corrected chi connectivity index (χ1v) is 6.41. The highest BCUT2D eigenvalue weighted by atomic mass is 16.1. The van der Waals surface area contributed by atoms with Gasteiger partial charge >= 0.3 is 0 Å². The van der Waals surface area contributed by atoms with Gasteiger partial charge in [-0.2, -0.15) is 0 Å². The van der Waals surface area contributed by atoms with E-state index in [0.717, 1.165) is 18.7 Å². The van der Waals surface area contributed by atoms with Crippen LogP contribution in [0.5, 0.6) is 0 Å². The molecule has 4 heteroatoms. The van der Waals surface area contributed by atoms with Crippen molar-refractivity contribution >= 4 is 17.3 Å². The molecule has 0 aliphatic carbocycles. The second kappa shape index (κ2) is 5.40. The topological polar surface area (TPSA) is 44.4 Å². The summed E-state index contributed by atoms with van der Waals surface area (Å²) in [6.07, 6.45) is 1.55. The number of carbonyl (C=O) groups excluding carboxylic acids is 1. The predicted octanol–water partition coefficient (Wildman–Crippen LogP) is 1.62. The molecule has 1 amide bonds. The van der Waals surface area contributed by atoms with Gasteiger partial charge in [0, 0.05) is 37.4 Å². The first-order chi connectivity index (χ1) is 8.60. The summed E-state index contributed by atoms with van der Waals surface area (Å²) in [6, 6.07) is 6.34. The average molecular weight is 247 g/mol. The minimum absolute atomic E-state index is 0.0585. The molecule has 0 aromatic heterocycles. The summed E-state index contributed by atoms with van der Waals surface area (Å²) < 4.78 is 0. The Bertz CT molecular complexity index is 445. The van der Waals surface area contributed by atoms with E-state index in [-0.39, 0.29) is 11.9 Å². The third-order valence-corrected chi connectivity index (χ3v) is 3.48. The molecule has 4 nitrogen and oxygen atoms in total. The van der Waals surface area contributed by atoms with Crippen LogP contribution in [0, 0.1) is 0 Å². The Balaban J connectivity index is 2.01. The third kappa shape index (κ3) is 2.82. The smallest absolute Gasteiger partial charge is 0.225 e. The Kier molecular flexibility index (Phi) is 3.87. The molecule has 98 valence electrons. The van der Waals surface area contributed by atoms with Crippen molar-refractivity contribution < 1.29 is 4.79 Å². The van der Waals surface area contributed by atoms with E-state index in [9.17, 15) is 4.79 Å². The number of hydrogen-bond donors (Lipinski definition) is 2. The molecule has 1 aromatic rings. The number of hydrogen-bond acceptors (Lipinski definition) is 3. The molecule has 18 heavy (non-hydrogen) atoms. The fraction of sp³-hybridized carbons (Fsp3) is 0.500. The molecular weight excluding hydrogens is 226 g/mol. The fourth-order valence-corrected chi connectivity index (χ4v) is 2.24. The van der Waals surface area contributed by atoms with Gasteiger partial charge in [-0.05, 0) is 44.2 Å². The maximum atomic E-state index is 11.8. The van der Waals surface area contributed by atoms with Crippen LogP contribution in [0.1, 0.15) is 18.9 Å². The molecule has 1 aliphatic heterocycles. The van der Waals surface area contributed by atoms with Gasteiger partial charge in [0.1, 0.15) is 0 Å². The Morgan fingerprint density at radius 2 is 2.28 bits per heavy atom. The van der Waals surface area contributed by atoms with E-state index >= 15 is 0 Å². The minimum Gasteiger partial charge on any atom is -0.374 e. The monoisotopic (exact) mass is 247 g/mol. The SMILES string of the molecule is CNC(C)CC(=O)Nc1ccc2c(c1)CCN2C. The fourth-order valence-electron chi connectivity index (χ4n) is 2.24. The number of nitrogens with zero attached hydrogens (tertiary/aromatic N) is 1. The van der Waals surface area contributed by atoms with Gasteiger partial charge in [0.2, 0.25) is 5.91 Å². The molecule has 1 unspecified atom stereocenters. The summed E-state index contributed by atoms with van der Waals surface area (Å²) in [4.78, 5) is 14.0. The second-order valence-corrected chi connectivity index (χ2v) is 4.96. The van der Waals surface area contributed by atoms with Crippen LogP contribution in [0.3, 0.4) is 0 Å². The van der Waals surface area contributed by atoms with Crippen molar-refractivity contribution in [2.24, 2.45) is 0 Å². The Hall–Kier alpha value is -1.55. The van der Waals surface area contributed by atoms with E-state index in [0.29, 0.717) is 6.42 Å². The maximum absolute atomic E-state index is 11.8. The van der Waals surface area contributed by atoms with Crippen molar-refractivity contribution in [3.63, 3.8) is 0 Å². The molecule has 1 atom stereocenters. The van der Waals surface area contributed by atoms with Gasteiger partial charge < -0.3 is 15.5 Å². The van der Waals surface area contributed by atoms with Crippen molar-refractivity contribution in [3.05, 3.63) is 23.8 Å². The summed E-state index contributed by atoms with van der Waals surface area (Å²) in [5, 5.41) is 6.02. The van der Waals surface area contributed by atoms with Crippen molar-refractivity contribution in [1.82, 2.24) is 5.32 Å². The van der Waals surface area contributed by atoms with Crippen LogP contribution in [0.25, 0.3) is 0 Å². The lowest BCUT2D eigenvalue weighted by Gasteiger charge is -2.13. The lowest BCUT2D eigenvalue weighted by molar-refractivity contribution is -0.116. The van der Waals surface area contributed by atoms with E-state index < -0.39 is 0 Å². The van der Waals surface area contributed by atoms with Crippen LogP contribution in [0.2, 0.25) is 0 Å². The van der Waals surface area contributed by atoms with Crippen LogP contribution in [0.15, 0.2) is 18.2 Å². The van der Waals surface area contributed by atoms with E-state index in [1.165, 1.54) is 11.3 Å². The first-order valence-electron chi connectivity index (χ1n) is 6.41. The van der Waals surface area contributed by atoms with Crippen LogP contribution < -0.4 is 15.5 Å². The average Bonchev–Trinajstić information content (AvgIpc) is 2.70. The summed E-state index contributed by atoms with van der Waals surface area (Å²) >= 11 is 0. The van der Waals surface area contributed by atoms with Gasteiger partial charge in [-0.25, -0.2) is 0 Å². The zero-order chi connectivity index (χ0) is 13.1. The summed E-state index contributed by atoms with van der Waals surface area (Å²) in [6.45, 7) is 3.06. The normalized spacial score (nSPS) is 15.4. The van der Waals surface area contributed by atoms with Crippen LogP contribution >= 0.6 is 0 Å². The molecule has 0 bridgehead atoms. The molecule has 1 heterocycles. The predicted molar refractivity (Wildman–Crippen MR) is 75.2 cm³/mol. The van der Waals surface area contributed by atoms with E-state index in [2.05, 4.69) is 34.7 Å². The number of fused-ring (bicyclic) bond motifs is 1. The molecular formula is C14H21N3O. The van der Waals surface area contributed by atoms with Gasteiger partial charge in [0.15, 0.2) is 0 Å². The molecule has 2 N–H and O–H groups in total. The quantitative estimate of drug-likeness (QED) is 0.849. The number of anilines is 2. The van der Waals surface area contributed by atoms with E-state index in [4.69, 9.17) is 0 Å². The number of nitrogens with one attached hydrogen (secondary N) is 2. The molecule has 0 fully saturated rings. The van der Waals surface area contributed by atoms with Crippen molar-refractivity contribution in [3.8, 4) is 0 Å². The van der Waals surface area contributed by atoms with Gasteiger partial charge in [0.05, 0.1) is 0 Å². The Morgan fingerprint density at radius 1 is 1.50 bits per heavy atom. The Labute approximate surface area is 108 Å². The van der Waals surface area contributed by atoms with Crippen LogP contribution in [-0.4, -0.2) is 32.6 Å². The molecule has 0 saturated carbocycles. The highest BCUT2D eigenvalue weighted by Gasteiger charge is 2.16. The highest BCUT2D eigenvalue weighted by molar-refractivity contribution is 5.91. The number of carbonyl (C=O) groups is 1. The number of amides is 1. The summed E-state index contributed by atoms with van der Waals surface area (Å²) in [7, 11) is 3.96. The van der Waals surface area contributed by atoms with Crippen molar-refractivity contribution in [2.75, 3.05) is 30.9 Å². The number of rotatable bonds is 4. The Morgan fingerprint density at radius 3 is 3.00 bits per heavy atom. The van der Waals surface area contributed by atoms with Crippen molar-refractivity contribution in [2.45, 2.75) is 25.8 Å². The lowest BCUT2D eigenvalue weighted by atomic mass is 10.1. The number of likely N-dealkylation sites (N-methyl/N-ethyl adjacent to an activating group) is 1. The maximum Gasteiger partial charge on any atom is 0.225 e. The summed E-state index contributed by atoms with van der Waals surface area (Å²) in [5.74, 6) is 0.0585. The van der Waals surface area contributed by atoms with Crippen LogP contribution in [0.4, 0.5) is 11.4 Å². The highest BCUT2D eigenvalue weighted by Crippen LogP contribution is 2.29. The van der Waals surface area contributed by atoms with Crippen molar-refractivity contribution in [1.29, 1.82) is 0 Å². The zero-order valence-corrected chi connectivity index (χ0v) is 11.3. The molecule has 0 radical (unpaired) electrons. The first kappa shape index (κ1) is 12.9. The zero-order valence-electron chi connectivity index (χ0n) is 11.3. The molecule has 1 aromatic carbocycles. The van der Waals surface area contributed by atoms with E-state index in [1.54, 1.807) is 0 Å². The molecule has 1 aliphatic rings. The second-order valence-electron chi connectivity index (χ2n) is 4.96. The van der Waals surface area contributed by atoms with Gasteiger partial charge in [0.25, 0.3) is 0 Å². The minimum atomic E-state index is 0.0585. The molecule has 0 saturated heterocycles. The lowest BCUT2D eigenvalue weighted by Crippen LogP contribution is -2.27. The van der Waals surface area contributed by atoms with E-state index in [1.807, 2.05) is 20.0 Å². The standard InChI is InChI=1S/C14H21N3O/c1-10(15-2)8-14(18)16-12-4-5-13-11(9-12)6-7-17(13)3/h4-5,9-10,15H,6-8H2,1-3H3,(H,16,18). The van der Waals surface area contributed by atoms with Gasteiger partial charge in [-0.3, -0.25) is 4.79 Å². The van der Waals surface area contributed by atoms with Gasteiger partial charge in [-0.15, -0.1) is 0 Å². The van der Waals surface area contributed by atoms with Crippen LogP contribution in [-0.2, 0) is 11.2 Å². The molecule has 2 rings (SSSR count). The van der Waals surface area contributed by atoms with Gasteiger partial charge in [-0.1, -0.05) is 0 Å². The third-order valence-electron chi connectivity index (χ3n) is 3.48. The number of benzene rings is 1. The summed E-state index contributed by atoms with van der Waals surface area (Å²) in [5.41, 5.74) is 3.49. The molecule has 0 spiro atoms.